The molecule has 2 rings (SSSR count). The first-order valence-corrected chi connectivity index (χ1v) is 5.66. The molecule has 0 spiro atoms. The summed E-state index contributed by atoms with van der Waals surface area (Å²) in [6, 6.07) is 7.06. The largest absolute Gasteiger partial charge is 0.397 e. The number of pyridine rings is 1. The Hall–Kier alpha value is -2.36. The van der Waals surface area contributed by atoms with E-state index >= 15 is 0 Å². The number of rotatable bonds is 2. The Morgan fingerprint density at radius 1 is 1.17 bits per heavy atom. The summed E-state index contributed by atoms with van der Waals surface area (Å²) in [6.07, 6.45) is 3.17. The molecule has 0 saturated heterocycles. The molecule has 1 aromatic heterocycles. The van der Waals surface area contributed by atoms with Crippen molar-refractivity contribution in [1.29, 1.82) is 0 Å². The van der Waals surface area contributed by atoms with Crippen LogP contribution in [0.15, 0.2) is 36.7 Å². The summed E-state index contributed by atoms with van der Waals surface area (Å²) < 4.78 is 0. The molecule has 1 aromatic carbocycles. The molecule has 0 atom stereocenters. The molecule has 0 bridgehead atoms. The van der Waals surface area contributed by atoms with Gasteiger partial charge in [0.1, 0.15) is 0 Å². The van der Waals surface area contributed by atoms with E-state index in [0.29, 0.717) is 16.9 Å². The maximum atomic E-state index is 12.0. The molecular formula is C14H15N3O. The highest BCUT2D eigenvalue weighted by molar-refractivity contribution is 6.06. The SMILES string of the molecule is Cc1ccc(N)c(NC(=O)c2ccncc2)c1C. The van der Waals surface area contributed by atoms with Gasteiger partial charge in [0.2, 0.25) is 0 Å². The molecule has 18 heavy (non-hydrogen) atoms. The van der Waals surface area contributed by atoms with Crippen molar-refractivity contribution in [2.75, 3.05) is 11.1 Å². The van der Waals surface area contributed by atoms with Gasteiger partial charge in [-0.2, -0.15) is 0 Å². The zero-order valence-corrected chi connectivity index (χ0v) is 10.4. The van der Waals surface area contributed by atoms with Gasteiger partial charge in [-0.15, -0.1) is 0 Å². The van der Waals surface area contributed by atoms with Gasteiger partial charge < -0.3 is 11.1 Å². The van der Waals surface area contributed by atoms with Crippen molar-refractivity contribution in [3.05, 3.63) is 53.3 Å². The van der Waals surface area contributed by atoms with Crippen LogP contribution in [-0.2, 0) is 0 Å². The molecule has 1 heterocycles. The zero-order valence-electron chi connectivity index (χ0n) is 10.4. The number of nitrogen functional groups attached to an aromatic ring is 1. The lowest BCUT2D eigenvalue weighted by Gasteiger charge is -2.13. The van der Waals surface area contributed by atoms with E-state index in [-0.39, 0.29) is 5.91 Å². The quantitative estimate of drug-likeness (QED) is 0.794. The minimum atomic E-state index is -0.183. The smallest absolute Gasteiger partial charge is 0.255 e. The van der Waals surface area contributed by atoms with Gasteiger partial charge in [-0.1, -0.05) is 6.07 Å². The number of aryl methyl sites for hydroxylation is 1. The molecule has 3 N–H and O–H groups in total. The number of nitrogens with two attached hydrogens (primary N) is 1. The molecule has 0 unspecified atom stereocenters. The summed E-state index contributed by atoms with van der Waals surface area (Å²) >= 11 is 0. The number of carbonyl (C=O) groups is 1. The Morgan fingerprint density at radius 2 is 1.83 bits per heavy atom. The highest BCUT2D eigenvalue weighted by Crippen LogP contribution is 2.26. The minimum Gasteiger partial charge on any atom is -0.397 e. The Balaban J connectivity index is 2.30. The van der Waals surface area contributed by atoms with Crippen LogP contribution >= 0.6 is 0 Å². The summed E-state index contributed by atoms with van der Waals surface area (Å²) in [4.78, 5) is 15.9. The van der Waals surface area contributed by atoms with Crippen LogP contribution < -0.4 is 11.1 Å². The molecule has 0 fully saturated rings. The molecule has 4 nitrogen and oxygen atoms in total. The van der Waals surface area contributed by atoms with Crippen molar-refractivity contribution in [2.24, 2.45) is 0 Å². The number of aromatic nitrogens is 1. The number of carbonyl (C=O) groups excluding carboxylic acids is 1. The molecule has 0 saturated carbocycles. The maximum absolute atomic E-state index is 12.0. The van der Waals surface area contributed by atoms with E-state index in [2.05, 4.69) is 10.3 Å². The van der Waals surface area contributed by atoms with Crippen LogP contribution in [0.1, 0.15) is 21.5 Å². The first-order valence-electron chi connectivity index (χ1n) is 5.66. The van der Waals surface area contributed by atoms with E-state index in [1.165, 1.54) is 0 Å². The van der Waals surface area contributed by atoms with Crippen molar-refractivity contribution < 1.29 is 4.79 Å². The lowest BCUT2D eigenvalue weighted by molar-refractivity contribution is 0.102. The van der Waals surface area contributed by atoms with Crippen LogP contribution in [0.25, 0.3) is 0 Å². The number of amides is 1. The Kier molecular flexibility index (Phi) is 3.28. The van der Waals surface area contributed by atoms with Crippen LogP contribution in [0.4, 0.5) is 11.4 Å². The lowest BCUT2D eigenvalue weighted by Crippen LogP contribution is -2.14. The topological polar surface area (TPSA) is 68.0 Å². The second kappa shape index (κ2) is 4.87. The monoisotopic (exact) mass is 241 g/mol. The molecule has 4 heteroatoms. The third-order valence-corrected chi connectivity index (χ3v) is 2.95. The first kappa shape index (κ1) is 12.1. The van der Waals surface area contributed by atoms with E-state index < -0.39 is 0 Å². The molecule has 92 valence electrons. The third-order valence-electron chi connectivity index (χ3n) is 2.95. The number of anilines is 2. The van der Waals surface area contributed by atoms with Crippen LogP contribution in [-0.4, -0.2) is 10.9 Å². The molecular weight excluding hydrogens is 226 g/mol. The summed E-state index contributed by atoms with van der Waals surface area (Å²) in [7, 11) is 0. The Labute approximate surface area is 106 Å². The Morgan fingerprint density at radius 3 is 2.50 bits per heavy atom. The van der Waals surface area contributed by atoms with Crippen LogP contribution in [0.5, 0.6) is 0 Å². The maximum Gasteiger partial charge on any atom is 0.255 e. The fourth-order valence-corrected chi connectivity index (χ4v) is 1.69. The molecule has 2 aromatic rings. The highest BCUT2D eigenvalue weighted by Gasteiger charge is 2.11. The fourth-order valence-electron chi connectivity index (χ4n) is 1.69. The Bertz CT molecular complexity index is 579. The summed E-state index contributed by atoms with van der Waals surface area (Å²) in [6.45, 7) is 3.92. The van der Waals surface area contributed by atoms with Crippen molar-refractivity contribution >= 4 is 17.3 Å². The predicted octanol–water partition coefficient (Wildman–Crippen LogP) is 2.53. The highest BCUT2D eigenvalue weighted by atomic mass is 16.1. The molecule has 0 aliphatic carbocycles. The van der Waals surface area contributed by atoms with Gasteiger partial charge in [-0.25, -0.2) is 0 Å². The standard InChI is InChI=1S/C14H15N3O/c1-9-3-4-12(15)13(10(9)2)17-14(18)11-5-7-16-8-6-11/h3-8H,15H2,1-2H3,(H,17,18). The van der Waals surface area contributed by atoms with Gasteiger partial charge >= 0.3 is 0 Å². The van der Waals surface area contributed by atoms with E-state index in [1.54, 1.807) is 30.6 Å². The van der Waals surface area contributed by atoms with Crippen LogP contribution in [0.2, 0.25) is 0 Å². The second-order valence-corrected chi connectivity index (χ2v) is 4.16. The van der Waals surface area contributed by atoms with Crippen molar-refractivity contribution in [3.63, 3.8) is 0 Å². The van der Waals surface area contributed by atoms with E-state index in [1.807, 2.05) is 19.9 Å². The number of nitrogens with zero attached hydrogens (tertiary/aromatic N) is 1. The van der Waals surface area contributed by atoms with Crippen LogP contribution in [0.3, 0.4) is 0 Å². The lowest BCUT2D eigenvalue weighted by atomic mass is 10.1. The normalized spacial score (nSPS) is 10.1. The van der Waals surface area contributed by atoms with Gasteiger partial charge in [-0.05, 0) is 43.2 Å². The van der Waals surface area contributed by atoms with Gasteiger partial charge in [0, 0.05) is 18.0 Å². The summed E-state index contributed by atoms with van der Waals surface area (Å²) in [5, 5.41) is 2.84. The van der Waals surface area contributed by atoms with Crippen molar-refractivity contribution in [2.45, 2.75) is 13.8 Å². The minimum absolute atomic E-state index is 0.183. The summed E-state index contributed by atoms with van der Waals surface area (Å²) in [5.74, 6) is -0.183. The second-order valence-electron chi connectivity index (χ2n) is 4.16. The van der Waals surface area contributed by atoms with Gasteiger partial charge in [0.25, 0.3) is 5.91 Å². The van der Waals surface area contributed by atoms with Gasteiger partial charge in [0.15, 0.2) is 0 Å². The number of benzene rings is 1. The van der Waals surface area contributed by atoms with Crippen molar-refractivity contribution in [1.82, 2.24) is 4.98 Å². The average Bonchev–Trinajstić information content (AvgIpc) is 2.40. The van der Waals surface area contributed by atoms with E-state index in [9.17, 15) is 4.79 Å². The first-order chi connectivity index (χ1) is 8.59. The molecule has 0 radical (unpaired) electrons. The average molecular weight is 241 g/mol. The number of hydrogen-bond donors (Lipinski definition) is 2. The van der Waals surface area contributed by atoms with Crippen molar-refractivity contribution in [3.8, 4) is 0 Å². The van der Waals surface area contributed by atoms with E-state index in [4.69, 9.17) is 5.73 Å². The zero-order chi connectivity index (χ0) is 13.1. The van der Waals surface area contributed by atoms with Gasteiger partial charge in [-0.3, -0.25) is 9.78 Å². The predicted molar refractivity (Wildman–Crippen MR) is 72.5 cm³/mol. The summed E-state index contributed by atoms with van der Waals surface area (Å²) in [5.41, 5.74) is 9.77. The molecule has 1 amide bonds. The van der Waals surface area contributed by atoms with E-state index in [0.717, 1.165) is 11.1 Å². The third kappa shape index (κ3) is 2.32. The van der Waals surface area contributed by atoms with Gasteiger partial charge in [0.05, 0.1) is 11.4 Å². The fraction of sp³-hybridized carbons (Fsp3) is 0.143. The number of hydrogen-bond acceptors (Lipinski definition) is 3. The molecule has 0 aliphatic rings. The van der Waals surface area contributed by atoms with Crippen LogP contribution in [0, 0.1) is 13.8 Å². The molecule has 0 aliphatic heterocycles. The number of nitrogens with one attached hydrogen (secondary N) is 1.